The van der Waals surface area contributed by atoms with E-state index < -0.39 is 23.2 Å². The fourth-order valence-electron chi connectivity index (χ4n) is 1.90. The van der Waals surface area contributed by atoms with E-state index in [0.717, 1.165) is 0 Å². The van der Waals surface area contributed by atoms with E-state index in [4.69, 9.17) is 9.47 Å². The van der Waals surface area contributed by atoms with E-state index in [9.17, 15) is 14.4 Å². The number of aromatic amines is 2. The van der Waals surface area contributed by atoms with Crippen molar-refractivity contribution in [2.75, 3.05) is 19.5 Å². The van der Waals surface area contributed by atoms with Gasteiger partial charge in [-0.25, -0.2) is 15.3 Å². The topological polar surface area (TPSA) is 151 Å². The number of benzene rings is 1. The van der Waals surface area contributed by atoms with Gasteiger partial charge in [-0.3, -0.25) is 14.6 Å². The van der Waals surface area contributed by atoms with Gasteiger partial charge in [0.1, 0.15) is 17.5 Å². The molecule has 2 aromatic rings. The fourth-order valence-corrected chi connectivity index (χ4v) is 1.90. The summed E-state index contributed by atoms with van der Waals surface area (Å²) >= 11 is 0. The lowest BCUT2D eigenvalue weighted by atomic mass is 10.2. The number of hydrazone groups is 1. The predicted molar refractivity (Wildman–Crippen MR) is 93.8 cm³/mol. The van der Waals surface area contributed by atoms with Crippen molar-refractivity contribution >= 4 is 17.9 Å². The third-order valence-electron chi connectivity index (χ3n) is 3.28. The van der Waals surface area contributed by atoms with Gasteiger partial charge in [0.15, 0.2) is 0 Å². The molecular formula is C15H18N6O5. The molecule has 11 nitrogen and oxygen atoms in total. The number of rotatable bonds is 7. The molecule has 1 atom stereocenters. The van der Waals surface area contributed by atoms with Gasteiger partial charge in [0.25, 0.3) is 11.5 Å². The zero-order valence-corrected chi connectivity index (χ0v) is 14.3. The number of ether oxygens (including phenoxy) is 2. The van der Waals surface area contributed by atoms with E-state index in [1.807, 2.05) is 4.98 Å². The predicted octanol–water partition coefficient (Wildman–Crippen LogP) is -0.574. The third-order valence-corrected chi connectivity index (χ3v) is 3.28. The van der Waals surface area contributed by atoms with Crippen molar-refractivity contribution in [3.63, 3.8) is 0 Å². The molecule has 4 N–H and O–H groups in total. The van der Waals surface area contributed by atoms with Gasteiger partial charge in [0.2, 0.25) is 5.82 Å². The summed E-state index contributed by atoms with van der Waals surface area (Å²) < 4.78 is 10.3. The summed E-state index contributed by atoms with van der Waals surface area (Å²) in [6.45, 7) is 1.51. The Morgan fingerprint density at radius 3 is 2.73 bits per heavy atom. The number of hydrogen-bond acceptors (Lipinski definition) is 8. The molecule has 1 heterocycles. The minimum Gasteiger partial charge on any atom is -0.497 e. The first kappa shape index (κ1) is 18.7. The molecule has 0 spiro atoms. The van der Waals surface area contributed by atoms with Crippen LogP contribution in [0.3, 0.4) is 0 Å². The lowest BCUT2D eigenvalue weighted by Gasteiger charge is -2.11. The Labute approximate surface area is 147 Å². The second kappa shape index (κ2) is 8.46. The summed E-state index contributed by atoms with van der Waals surface area (Å²) in [6, 6.07) is 4.30. The van der Waals surface area contributed by atoms with Gasteiger partial charge in [-0.1, -0.05) is 0 Å². The van der Waals surface area contributed by atoms with Crippen LogP contribution >= 0.6 is 0 Å². The van der Waals surface area contributed by atoms with E-state index in [1.54, 1.807) is 25.3 Å². The van der Waals surface area contributed by atoms with E-state index in [-0.39, 0.29) is 5.82 Å². The fraction of sp³-hybridized carbons (Fsp3) is 0.267. The van der Waals surface area contributed by atoms with Crippen LogP contribution in [0.4, 0.5) is 5.82 Å². The molecule has 0 saturated heterocycles. The summed E-state index contributed by atoms with van der Waals surface area (Å²) in [4.78, 5) is 36.5. The Hall–Kier alpha value is -3.63. The number of carbonyl (C=O) groups excluding carboxylic acids is 1. The van der Waals surface area contributed by atoms with Crippen molar-refractivity contribution in [1.29, 1.82) is 0 Å². The molecule has 0 saturated carbocycles. The van der Waals surface area contributed by atoms with Gasteiger partial charge >= 0.3 is 5.69 Å². The van der Waals surface area contributed by atoms with Gasteiger partial charge in [-0.05, 0) is 19.1 Å². The van der Waals surface area contributed by atoms with Crippen LogP contribution in [-0.2, 0) is 4.79 Å². The molecule has 0 fully saturated rings. The normalized spacial score (nSPS) is 11.8. The highest BCUT2D eigenvalue weighted by Gasteiger charge is 2.14. The van der Waals surface area contributed by atoms with Crippen LogP contribution in [0.5, 0.6) is 11.5 Å². The molecular weight excluding hydrogens is 344 g/mol. The van der Waals surface area contributed by atoms with Gasteiger partial charge in [-0.2, -0.15) is 5.10 Å². The maximum atomic E-state index is 12.0. The molecule has 0 bridgehead atoms. The Morgan fingerprint density at radius 1 is 1.31 bits per heavy atom. The van der Waals surface area contributed by atoms with Crippen molar-refractivity contribution in [2.24, 2.45) is 5.10 Å². The number of H-pyrrole nitrogens is 2. The van der Waals surface area contributed by atoms with Crippen LogP contribution in [0.2, 0.25) is 0 Å². The van der Waals surface area contributed by atoms with Gasteiger partial charge < -0.3 is 14.8 Å². The molecule has 1 amide bonds. The molecule has 0 aliphatic rings. The second-order valence-corrected chi connectivity index (χ2v) is 5.06. The maximum Gasteiger partial charge on any atom is 0.342 e. The smallest absolute Gasteiger partial charge is 0.342 e. The highest BCUT2D eigenvalue weighted by molar-refractivity contribution is 5.87. The lowest BCUT2D eigenvalue weighted by Crippen LogP contribution is -2.38. The van der Waals surface area contributed by atoms with Crippen molar-refractivity contribution in [3.8, 4) is 11.5 Å². The van der Waals surface area contributed by atoms with E-state index in [0.29, 0.717) is 17.1 Å². The standard InChI is InChI=1S/C15H18N6O5/c1-8(17-12-14(23)18-15(24)21-19-12)13(22)20-16-7-9-4-5-10(25-2)6-11(9)26-3/h4-8H,1-3H3,(H,17,19)(H,20,22)(H2,18,21,23,24)/b16-7+. The van der Waals surface area contributed by atoms with Crippen molar-refractivity contribution < 1.29 is 14.3 Å². The third kappa shape index (κ3) is 4.69. The van der Waals surface area contributed by atoms with E-state index in [2.05, 4.69) is 26.0 Å². The van der Waals surface area contributed by atoms with Crippen LogP contribution in [0.25, 0.3) is 0 Å². The molecule has 1 aromatic heterocycles. The lowest BCUT2D eigenvalue weighted by molar-refractivity contribution is -0.121. The molecule has 0 aliphatic heterocycles. The highest BCUT2D eigenvalue weighted by atomic mass is 16.5. The average molecular weight is 362 g/mol. The number of hydrogen-bond donors (Lipinski definition) is 4. The summed E-state index contributed by atoms with van der Waals surface area (Å²) in [6.07, 6.45) is 1.41. The highest BCUT2D eigenvalue weighted by Crippen LogP contribution is 2.22. The first-order valence-electron chi connectivity index (χ1n) is 7.45. The molecule has 1 unspecified atom stereocenters. The number of anilines is 1. The van der Waals surface area contributed by atoms with Crippen LogP contribution in [0.1, 0.15) is 12.5 Å². The summed E-state index contributed by atoms with van der Waals surface area (Å²) in [5, 5.41) is 12.0. The number of nitrogens with one attached hydrogen (secondary N) is 4. The Morgan fingerprint density at radius 2 is 2.08 bits per heavy atom. The van der Waals surface area contributed by atoms with Crippen LogP contribution < -0.4 is 31.5 Å². The molecule has 1 aromatic carbocycles. The van der Waals surface area contributed by atoms with Crippen molar-refractivity contribution in [3.05, 3.63) is 44.6 Å². The molecule has 11 heteroatoms. The largest absolute Gasteiger partial charge is 0.497 e. The van der Waals surface area contributed by atoms with Gasteiger partial charge in [0, 0.05) is 11.6 Å². The SMILES string of the molecule is COc1ccc(/C=N/NC(=O)C(C)Nc2n[nH]c(=O)[nH]c2=O)c(OC)c1. The average Bonchev–Trinajstić information content (AvgIpc) is 2.63. The minimum atomic E-state index is -0.829. The number of carbonyl (C=O) groups is 1. The van der Waals surface area contributed by atoms with Gasteiger partial charge in [-0.15, -0.1) is 5.10 Å². The number of nitrogens with zero attached hydrogens (tertiary/aromatic N) is 2. The van der Waals surface area contributed by atoms with Crippen molar-refractivity contribution in [1.82, 2.24) is 20.6 Å². The van der Waals surface area contributed by atoms with E-state index in [1.165, 1.54) is 20.2 Å². The molecule has 26 heavy (non-hydrogen) atoms. The molecule has 2 rings (SSSR count). The summed E-state index contributed by atoms with van der Waals surface area (Å²) in [7, 11) is 3.05. The molecule has 0 radical (unpaired) electrons. The minimum absolute atomic E-state index is 0.187. The number of methoxy groups -OCH3 is 2. The van der Waals surface area contributed by atoms with Crippen LogP contribution in [-0.4, -0.2) is 47.6 Å². The Bertz CT molecular complexity index is 919. The van der Waals surface area contributed by atoms with Crippen LogP contribution in [0, 0.1) is 0 Å². The Balaban J connectivity index is 2.00. The quantitative estimate of drug-likeness (QED) is 0.380. The second-order valence-electron chi connectivity index (χ2n) is 5.06. The van der Waals surface area contributed by atoms with E-state index >= 15 is 0 Å². The zero-order valence-electron chi connectivity index (χ0n) is 14.3. The number of amides is 1. The first-order valence-corrected chi connectivity index (χ1v) is 7.45. The molecule has 0 aliphatic carbocycles. The summed E-state index contributed by atoms with van der Waals surface area (Å²) in [5.74, 6) is 0.450. The van der Waals surface area contributed by atoms with Gasteiger partial charge in [0.05, 0.1) is 20.4 Å². The maximum absolute atomic E-state index is 12.0. The molecule has 138 valence electrons. The summed E-state index contributed by atoms with van der Waals surface area (Å²) in [5.41, 5.74) is 1.49. The van der Waals surface area contributed by atoms with Crippen molar-refractivity contribution in [2.45, 2.75) is 13.0 Å². The first-order chi connectivity index (χ1) is 12.4. The zero-order chi connectivity index (χ0) is 19.1. The Kier molecular flexibility index (Phi) is 6.09. The number of aromatic nitrogens is 3. The monoisotopic (exact) mass is 362 g/mol. The van der Waals surface area contributed by atoms with Crippen LogP contribution in [0.15, 0.2) is 32.9 Å².